The smallest absolute Gasteiger partial charge is 0.0499 e. The van der Waals surface area contributed by atoms with Gasteiger partial charge in [0.15, 0.2) is 0 Å². The van der Waals surface area contributed by atoms with Gasteiger partial charge in [0.2, 0.25) is 0 Å². The van der Waals surface area contributed by atoms with Crippen LogP contribution in [0.15, 0.2) is 0 Å². The first-order valence-corrected chi connectivity index (χ1v) is 6.65. The Kier molecular flexibility index (Phi) is 3.88. The van der Waals surface area contributed by atoms with E-state index in [-0.39, 0.29) is 5.41 Å². The SMILES string of the molecule is CN1CCCC(N(C)CC2(CO)CCC2)C1. The lowest BCUT2D eigenvalue weighted by Crippen LogP contribution is -2.51. The number of aliphatic hydroxyl groups excluding tert-OH is 1. The highest BCUT2D eigenvalue weighted by atomic mass is 16.3. The van der Waals surface area contributed by atoms with E-state index in [4.69, 9.17) is 0 Å². The molecule has 2 rings (SSSR count). The van der Waals surface area contributed by atoms with Crippen LogP contribution in [0.1, 0.15) is 32.1 Å². The molecule has 1 aliphatic carbocycles. The van der Waals surface area contributed by atoms with E-state index in [1.54, 1.807) is 0 Å². The van der Waals surface area contributed by atoms with Crippen LogP contribution in [-0.4, -0.2) is 61.3 Å². The van der Waals surface area contributed by atoms with E-state index in [0.29, 0.717) is 12.6 Å². The van der Waals surface area contributed by atoms with Crippen molar-refractivity contribution >= 4 is 0 Å². The molecule has 16 heavy (non-hydrogen) atoms. The van der Waals surface area contributed by atoms with Crippen molar-refractivity contribution in [3.63, 3.8) is 0 Å². The zero-order chi connectivity index (χ0) is 11.6. The minimum atomic E-state index is 0.241. The second-order valence-electron chi connectivity index (χ2n) is 5.99. The van der Waals surface area contributed by atoms with Gasteiger partial charge in [-0.15, -0.1) is 0 Å². The Morgan fingerprint density at radius 3 is 2.62 bits per heavy atom. The molecule has 0 bridgehead atoms. The quantitative estimate of drug-likeness (QED) is 0.779. The van der Waals surface area contributed by atoms with Crippen LogP contribution < -0.4 is 0 Å². The van der Waals surface area contributed by atoms with Gasteiger partial charge in [-0.05, 0) is 46.3 Å². The Bertz CT molecular complexity index is 222. The molecule has 2 aliphatic rings. The summed E-state index contributed by atoms with van der Waals surface area (Å²) in [5.41, 5.74) is 0.241. The van der Waals surface area contributed by atoms with Crippen molar-refractivity contribution in [2.75, 3.05) is 40.3 Å². The van der Waals surface area contributed by atoms with E-state index >= 15 is 0 Å². The molecule has 0 spiro atoms. The summed E-state index contributed by atoms with van der Waals surface area (Å²) in [6.45, 7) is 3.90. The lowest BCUT2D eigenvalue weighted by molar-refractivity contribution is -0.00515. The first kappa shape index (κ1) is 12.3. The first-order chi connectivity index (χ1) is 7.65. The summed E-state index contributed by atoms with van der Waals surface area (Å²) in [6.07, 6.45) is 6.38. The van der Waals surface area contributed by atoms with Gasteiger partial charge in [-0.3, -0.25) is 0 Å². The van der Waals surface area contributed by atoms with Gasteiger partial charge in [0, 0.05) is 31.2 Å². The highest BCUT2D eigenvalue weighted by molar-refractivity contribution is 4.91. The summed E-state index contributed by atoms with van der Waals surface area (Å²) < 4.78 is 0. The van der Waals surface area contributed by atoms with E-state index in [1.165, 1.54) is 45.2 Å². The molecule has 1 aliphatic heterocycles. The molecule has 3 nitrogen and oxygen atoms in total. The summed E-state index contributed by atoms with van der Waals surface area (Å²) in [5, 5.41) is 9.50. The molecule has 2 fully saturated rings. The van der Waals surface area contributed by atoms with Gasteiger partial charge in [-0.2, -0.15) is 0 Å². The molecule has 0 aromatic carbocycles. The molecule has 0 radical (unpaired) electrons. The summed E-state index contributed by atoms with van der Waals surface area (Å²) in [5.74, 6) is 0. The van der Waals surface area contributed by atoms with Crippen LogP contribution in [0.25, 0.3) is 0 Å². The Balaban J connectivity index is 1.84. The van der Waals surface area contributed by atoms with E-state index in [0.717, 1.165) is 6.54 Å². The average molecular weight is 226 g/mol. The lowest BCUT2D eigenvalue weighted by Gasteiger charge is -2.46. The normalized spacial score (nSPS) is 30.4. The highest BCUT2D eigenvalue weighted by Gasteiger charge is 2.38. The fourth-order valence-electron chi connectivity index (χ4n) is 3.20. The topological polar surface area (TPSA) is 26.7 Å². The molecule has 1 heterocycles. The van der Waals surface area contributed by atoms with Gasteiger partial charge in [0.1, 0.15) is 0 Å². The van der Waals surface area contributed by atoms with Crippen LogP contribution in [-0.2, 0) is 0 Å². The minimum Gasteiger partial charge on any atom is -0.396 e. The number of likely N-dealkylation sites (N-methyl/N-ethyl adjacent to an activating group) is 2. The highest BCUT2D eigenvalue weighted by Crippen LogP contribution is 2.41. The predicted octanol–water partition coefficient (Wildman–Crippen LogP) is 1.17. The van der Waals surface area contributed by atoms with Crippen molar-refractivity contribution < 1.29 is 5.11 Å². The van der Waals surface area contributed by atoms with Crippen molar-refractivity contribution in [2.24, 2.45) is 5.41 Å². The van der Waals surface area contributed by atoms with Crippen LogP contribution in [0, 0.1) is 5.41 Å². The number of hydrogen-bond acceptors (Lipinski definition) is 3. The maximum atomic E-state index is 9.50. The van der Waals surface area contributed by atoms with Crippen LogP contribution in [0.2, 0.25) is 0 Å². The molecule has 1 saturated heterocycles. The van der Waals surface area contributed by atoms with E-state index in [1.807, 2.05) is 0 Å². The van der Waals surface area contributed by atoms with Crippen LogP contribution in [0.4, 0.5) is 0 Å². The van der Waals surface area contributed by atoms with Gasteiger partial charge in [-0.1, -0.05) is 6.42 Å². The Morgan fingerprint density at radius 1 is 1.38 bits per heavy atom. The van der Waals surface area contributed by atoms with Crippen molar-refractivity contribution in [3.05, 3.63) is 0 Å². The minimum absolute atomic E-state index is 0.241. The van der Waals surface area contributed by atoms with Crippen LogP contribution >= 0.6 is 0 Å². The average Bonchev–Trinajstić information content (AvgIpc) is 2.23. The molecular formula is C13H26N2O. The van der Waals surface area contributed by atoms with Crippen molar-refractivity contribution in [2.45, 2.75) is 38.1 Å². The predicted molar refractivity (Wildman–Crippen MR) is 66.5 cm³/mol. The fraction of sp³-hybridized carbons (Fsp3) is 1.00. The first-order valence-electron chi connectivity index (χ1n) is 6.65. The zero-order valence-electron chi connectivity index (χ0n) is 10.8. The molecule has 1 saturated carbocycles. The molecule has 1 unspecified atom stereocenters. The summed E-state index contributed by atoms with van der Waals surface area (Å²) >= 11 is 0. The third kappa shape index (κ3) is 2.58. The summed E-state index contributed by atoms with van der Waals surface area (Å²) in [4.78, 5) is 4.92. The molecule has 94 valence electrons. The number of nitrogens with zero attached hydrogens (tertiary/aromatic N) is 2. The van der Waals surface area contributed by atoms with Gasteiger partial charge in [-0.25, -0.2) is 0 Å². The maximum absolute atomic E-state index is 9.50. The summed E-state index contributed by atoms with van der Waals surface area (Å²) in [6, 6.07) is 0.697. The second kappa shape index (κ2) is 5.03. The molecule has 0 amide bonds. The number of piperidine rings is 1. The number of hydrogen-bond donors (Lipinski definition) is 1. The van der Waals surface area contributed by atoms with E-state index in [2.05, 4.69) is 23.9 Å². The molecular weight excluding hydrogens is 200 g/mol. The number of rotatable bonds is 4. The summed E-state index contributed by atoms with van der Waals surface area (Å²) in [7, 11) is 4.45. The molecule has 3 heteroatoms. The van der Waals surface area contributed by atoms with Gasteiger partial charge in [0.25, 0.3) is 0 Å². The monoisotopic (exact) mass is 226 g/mol. The van der Waals surface area contributed by atoms with E-state index in [9.17, 15) is 5.11 Å². The van der Waals surface area contributed by atoms with Gasteiger partial charge in [0.05, 0.1) is 0 Å². The zero-order valence-corrected chi connectivity index (χ0v) is 10.8. The number of aliphatic hydroxyl groups is 1. The third-order valence-corrected chi connectivity index (χ3v) is 4.56. The van der Waals surface area contributed by atoms with Crippen molar-refractivity contribution in [1.82, 2.24) is 9.80 Å². The van der Waals surface area contributed by atoms with Crippen LogP contribution in [0.5, 0.6) is 0 Å². The van der Waals surface area contributed by atoms with Crippen LogP contribution in [0.3, 0.4) is 0 Å². The molecule has 0 aromatic rings. The largest absolute Gasteiger partial charge is 0.396 e. The second-order valence-corrected chi connectivity index (χ2v) is 5.99. The Hall–Kier alpha value is -0.120. The standard InChI is InChI=1S/C13H26N2O/c1-14-8-3-5-12(9-14)15(2)10-13(11-16)6-4-7-13/h12,16H,3-11H2,1-2H3. The van der Waals surface area contributed by atoms with Gasteiger partial charge < -0.3 is 14.9 Å². The Labute approximate surface area is 99.4 Å². The lowest BCUT2D eigenvalue weighted by atomic mass is 9.69. The Morgan fingerprint density at radius 2 is 2.12 bits per heavy atom. The number of likely N-dealkylation sites (tertiary alicyclic amines) is 1. The molecule has 0 aromatic heterocycles. The van der Waals surface area contributed by atoms with E-state index < -0.39 is 0 Å². The molecule has 1 N–H and O–H groups in total. The fourth-order valence-corrected chi connectivity index (χ4v) is 3.20. The molecule has 1 atom stereocenters. The maximum Gasteiger partial charge on any atom is 0.0499 e. The third-order valence-electron chi connectivity index (χ3n) is 4.56. The van der Waals surface area contributed by atoms with Crippen molar-refractivity contribution in [1.29, 1.82) is 0 Å². The van der Waals surface area contributed by atoms with Crippen molar-refractivity contribution in [3.8, 4) is 0 Å². The van der Waals surface area contributed by atoms with Gasteiger partial charge >= 0.3 is 0 Å².